The quantitative estimate of drug-likeness (QED) is 0.418. The molecule has 0 aromatic heterocycles. The fourth-order valence-electron chi connectivity index (χ4n) is 2.10. The zero-order valence-corrected chi connectivity index (χ0v) is 11.7. The Morgan fingerprint density at radius 2 is 1.95 bits per heavy atom. The number of aliphatic carboxylic acids is 1. The first-order valence-corrected chi connectivity index (χ1v) is 6.09. The van der Waals surface area contributed by atoms with Crippen LogP contribution < -0.4 is 10.6 Å². The smallest absolute Gasteiger partial charge is 0.333 e. The molecule has 2 rings (SSSR count). The molecule has 10 heteroatoms. The molecular formula is C11H15ClN2O7. The lowest BCUT2D eigenvalue weighted by atomic mass is 10.0. The molecule has 0 atom stereocenters. The standard InChI is InChI=1S/C11H14N2O7.ClH/c14-6(15)4-13-8(16)7-9(17)19-11(20-10(7)18)2-1-3-12-5-11;/h7,12H,1-5H2,(H,13,16)(H,14,15);1H. The van der Waals surface area contributed by atoms with Crippen molar-refractivity contribution in [1.82, 2.24) is 10.6 Å². The molecule has 2 heterocycles. The molecule has 0 saturated carbocycles. The van der Waals surface area contributed by atoms with E-state index in [1.165, 1.54) is 0 Å². The molecule has 0 aliphatic carbocycles. The molecule has 21 heavy (non-hydrogen) atoms. The van der Waals surface area contributed by atoms with E-state index in [2.05, 4.69) is 5.32 Å². The third-order valence-electron chi connectivity index (χ3n) is 3.03. The highest BCUT2D eigenvalue weighted by Crippen LogP contribution is 2.29. The van der Waals surface area contributed by atoms with Crippen LogP contribution in [-0.4, -0.2) is 54.3 Å². The van der Waals surface area contributed by atoms with Crippen molar-refractivity contribution >= 4 is 36.2 Å². The van der Waals surface area contributed by atoms with Gasteiger partial charge < -0.3 is 25.2 Å². The van der Waals surface area contributed by atoms with Crippen molar-refractivity contribution in [2.45, 2.75) is 18.6 Å². The molecule has 0 bridgehead atoms. The van der Waals surface area contributed by atoms with Gasteiger partial charge in [-0.3, -0.25) is 19.2 Å². The highest BCUT2D eigenvalue weighted by molar-refractivity contribution is 6.15. The zero-order valence-electron chi connectivity index (χ0n) is 10.9. The van der Waals surface area contributed by atoms with E-state index in [9.17, 15) is 19.2 Å². The van der Waals surface area contributed by atoms with Gasteiger partial charge in [0, 0.05) is 6.42 Å². The fourth-order valence-corrected chi connectivity index (χ4v) is 2.10. The number of amides is 1. The SMILES string of the molecule is Cl.O=C(O)CNC(=O)C1C(=O)OC2(CCCNC2)OC1=O. The number of carboxylic acid groups (broad SMARTS) is 1. The summed E-state index contributed by atoms with van der Waals surface area (Å²) in [5.41, 5.74) is 0. The Morgan fingerprint density at radius 1 is 1.33 bits per heavy atom. The average Bonchev–Trinajstić information content (AvgIpc) is 2.36. The number of carbonyl (C=O) groups excluding carboxylic acids is 3. The van der Waals surface area contributed by atoms with E-state index < -0.39 is 42.1 Å². The number of halogens is 1. The van der Waals surface area contributed by atoms with E-state index in [1.807, 2.05) is 5.32 Å². The highest BCUT2D eigenvalue weighted by Gasteiger charge is 2.52. The Hall–Kier alpha value is -1.87. The summed E-state index contributed by atoms with van der Waals surface area (Å²) in [4.78, 5) is 45.5. The summed E-state index contributed by atoms with van der Waals surface area (Å²) in [6, 6.07) is 0. The molecule has 0 aromatic rings. The second-order valence-corrected chi connectivity index (χ2v) is 4.58. The topological polar surface area (TPSA) is 131 Å². The maximum absolute atomic E-state index is 11.8. The molecule has 118 valence electrons. The number of rotatable bonds is 3. The summed E-state index contributed by atoms with van der Waals surface area (Å²) in [7, 11) is 0. The normalized spacial score (nSPS) is 28.1. The molecule has 3 N–H and O–H groups in total. The number of piperidine rings is 1. The first-order valence-electron chi connectivity index (χ1n) is 6.09. The lowest BCUT2D eigenvalue weighted by Gasteiger charge is -2.40. The minimum atomic E-state index is -1.78. The number of hydrogen-bond acceptors (Lipinski definition) is 7. The molecule has 2 aliphatic rings. The van der Waals surface area contributed by atoms with Crippen molar-refractivity contribution in [2.75, 3.05) is 19.6 Å². The van der Waals surface area contributed by atoms with E-state index >= 15 is 0 Å². The van der Waals surface area contributed by atoms with Gasteiger partial charge in [-0.05, 0) is 13.0 Å². The summed E-state index contributed by atoms with van der Waals surface area (Å²) in [5.74, 6) is -7.50. The van der Waals surface area contributed by atoms with E-state index in [0.29, 0.717) is 12.8 Å². The fraction of sp³-hybridized carbons (Fsp3) is 0.636. The average molecular weight is 323 g/mol. The summed E-state index contributed by atoms with van der Waals surface area (Å²) in [6.45, 7) is 0.204. The van der Waals surface area contributed by atoms with Crippen LogP contribution in [0.5, 0.6) is 0 Å². The molecule has 2 saturated heterocycles. The number of hydrogen-bond donors (Lipinski definition) is 3. The van der Waals surface area contributed by atoms with Crippen LogP contribution in [0.25, 0.3) is 0 Å². The summed E-state index contributed by atoms with van der Waals surface area (Å²) in [5, 5.41) is 13.3. The van der Waals surface area contributed by atoms with Gasteiger partial charge in [-0.1, -0.05) is 0 Å². The number of ether oxygens (including phenoxy) is 2. The summed E-state index contributed by atoms with van der Waals surface area (Å²) in [6.07, 6.45) is 1.03. The number of carbonyl (C=O) groups is 4. The second-order valence-electron chi connectivity index (χ2n) is 4.58. The summed E-state index contributed by atoms with van der Waals surface area (Å²) < 4.78 is 10.1. The largest absolute Gasteiger partial charge is 0.480 e. The van der Waals surface area contributed by atoms with Gasteiger partial charge in [-0.2, -0.15) is 0 Å². The van der Waals surface area contributed by atoms with Crippen molar-refractivity contribution < 1.29 is 33.8 Å². The van der Waals surface area contributed by atoms with E-state index in [-0.39, 0.29) is 19.0 Å². The Kier molecular flexibility index (Phi) is 5.50. The Balaban J connectivity index is 0.00000220. The van der Waals surface area contributed by atoms with Crippen LogP contribution in [-0.2, 0) is 28.7 Å². The Morgan fingerprint density at radius 3 is 2.43 bits per heavy atom. The third-order valence-corrected chi connectivity index (χ3v) is 3.03. The van der Waals surface area contributed by atoms with Crippen LogP contribution in [0.3, 0.4) is 0 Å². The number of esters is 2. The van der Waals surface area contributed by atoms with Crippen LogP contribution >= 0.6 is 12.4 Å². The van der Waals surface area contributed by atoms with Gasteiger partial charge >= 0.3 is 17.9 Å². The van der Waals surface area contributed by atoms with Crippen LogP contribution in [0.1, 0.15) is 12.8 Å². The van der Waals surface area contributed by atoms with Gasteiger partial charge in [-0.25, -0.2) is 0 Å². The van der Waals surface area contributed by atoms with Gasteiger partial charge in [0.1, 0.15) is 6.54 Å². The van der Waals surface area contributed by atoms with Gasteiger partial charge in [0.15, 0.2) is 0 Å². The zero-order chi connectivity index (χ0) is 14.8. The van der Waals surface area contributed by atoms with Gasteiger partial charge in [0.2, 0.25) is 11.8 Å². The lowest BCUT2D eigenvalue weighted by Crippen LogP contribution is -2.59. The minimum absolute atomic E-state index is 0. The predicted molar refractivity (Wildman–Crippen MR) is 68.4 cm³/mol. The maximum Gasteiger partial charge on any atom is 0.333 e. The molecule has 2 fully saturated rings. The van der Waals surface area contributed by atoms with Crippen LogP contribution in [0.15, 0.2) is 0 Å². The molecule has 0 unspecified atom stereocenters. The van der Waals surface area contributed by atoms with E-state index in [0.717, 1.165) is 6.54 Å². The third kappa shape index (κ3) is 3.82. The summed E-state index contributed by atoms with van der Waals surface area (Å²) >= 11 is 0. The molecule has 1 amide bonds. The van der Waals surface area contributed by atoms with E-state index in [4.69, 9.17) is 14.6 Å². The number of nitrogens with one attached hydrogen (secondary N) is 2. The van der Waals surface area contributed by atoms with Crippen molar-refractivity contribution in [3.8, 4) is 0 Å². The maximum atomic E-state index is 11.8. The van der Waals surface area contributed by atoms with Gasteiger partial charge in [0.25, 0.3) is 5.79 Å². The van der Waals surface area contributed by atoms with Crippen molar-refractivity contribution in [1.29, 1.82) is 0 Å². The molecule has 0 radical (unpaired) electrons. The first-order chi connectivity index (χ1) is 9.43. The number of carboxylic acids is 1. The molecule has 1 spiro atoms. The molecule has 9 nitrogen and oxygen atoms in total. The predicted octanol–water partition coefficient (Wildman–Crippen LogP) is -1.60. The van der Waals surface area contributed by atoms with Crippen LogP contribution in [0.2, 0.25) is 0 Å². The Labute approximate surface area is 125 Å². The molecular weight excluding hydrogens is 308 g/mol. The van der Waals surface area contributed by atoms with E-state index in [1.54, 1.807) is 0 Å². The van der Waals surface area contributed by atoms with Crippen molar-refractivity contribution in [2.24, 2.45) is 5.92 Å². The van der Waals surface area contributed by atoms with Gasteiger partial charge in [-0.15, -0.1) is 12.4 Å². The highest BCUT2D eigenvalue weighted by atomic mass is 35.5. The minimum Gasteiger partial charge on any atom is -0.480 e. The first kappa shape index (κ1) is 17.2. The van der Waals surface area contributed by atoms with Gasteiger partial charge in [0.05, 0.1) is 6.54 Å². The van der Waals surface area contributed by atoms with Crippen LogP contribution in [0.4, 0.5) is 0 Å². The van der Waals surface area contributed by atoms with Crippen molar-refractivity contribution in [3.63, 3.8) is 0 Å². The van der Waals surface area contributed by atoms with Crippen molar-refractivity contribution in [3.05, 3.63) is 0 Å². The lowest BCUT2D eigenvalue weighted by molar-refractivity contribution is -0.254. The molecule has 2 aliphatic heterocycles. The molecule has 0 aromatic carbocycles. The Bertz CT molecular complexity index is 441. The second kappa shape index (κ2) is 6.72. The monoisotopic (exact) mass is 322 g/mol. The van der Waals surface area contributed by atoms with Crippen LogP contribution in [0, 0.1) is 5.92 Å².